The predicted molar refractivity (Wildman–Crippen MR) is 204 cm³/mol. The van der Waals surface area contributed by atoms with E-state index in [9.17, 15) is 0 Å². The van der Waals surface area contributed by atoms with Crippen molar-refractivity contribution in [2.45, 2.75) is 37.5 Å². The molecule has 3 heteroatoms. The minimum atomic E-state index is -0.00233. The first-order valence-corrected chi connectivity index (χ1v) is 17.6. The van der Waals surface area contributed by atoms with Gasteiger partial charge in [0.1, 0.15) is 5.69 Å². The fourth-order valence-electron chi connectivity index (χ4n) is 9.50. The lowest BCUT2D eigenvalue weighted by Crippen LogP contribution is -2.28. The van der Waals surface area contributed by atoms with E-state index >= 15 is 0 Å². The van der Waals surface area contributed by atoms with Crippen molar-refractivity contribution in [1.82, 2.24) is 14.5 Å². The average molecular weight is 628 g/mol. The number of hydrogen-bond acceptors (Lipinski definition) is 2. The van der Waals surface area contributed by atoms with E-state index in [0.29, 0.717) is 0 Å². The molecule has 0 unspecified atom stereocenters. The molecule has 232 valence electrons. The van der Waals surface area contributed by atoms with E-state index in [0.717, 1.165) is 28.1 Å². The van der Waals surface area contributed by atoms with Crippen LogP contribution in [0.25, 0.3) is 82.6 Å². The molecule has 2 aliphatic rings. The second-order valence-corrected chi connectivity index (χ2v) is 14.0. The van der Waals surface area contributed by atoms with E-state index in [1.54, 1.807) is 0 Å². The number of rotatable bonds is 2. The van der Waals surface area contributed by atoms with Crippen LogP contribution in [0.4, 0.5) is 0 Å². The first kappa shape index (κ1) is 27.2. The third-order valence-corrected chi connectivity index (χ3v) is 11.5. The molecule has 0 amide bonds. The van der Waals surface area contributed by atoms with Crippen molar-refractivity contribution in [3.05, 3.63) is 151 Å². The lowest BCUT2D eigenvalue weighted by molar-refractivity contribution is 0.355. The van der Waals surface area contributed by atoms with Crippen molar-refractivity contribution in [1.29, 1.82) is 0 Å². The topological polar surface area (TPSA) is 30.7 Å². The zero-order valence-electron chi connectivity index (χ0n) is 27.2. The summed E-state index contributed by atoms with van der Waals surface area (Å²) in [7, 11) is 0. The Kier molecular flexibility index (Phi) is 5.60. The summed E-state index contributed by atoms with van der Waals surface area (Å²) in [4.78, 5) is 10.9. The molecule has 0 N–H and O–H groups in total. The van der Waals surface area contributed by atoms with E-state index in [1.807, 2.05) is 0 Å². The van der Waals surface area contributed by atoms with Gasteiger partial charge in [0.05, 0.1) is 22.1 Å². The van der Waals surface area contributed by atoms with Crippen LogP contribution >= 0.6 is 0 Å². The summed E-state index contributed by atoms with van der Waals surface area (Å²) in [6.07, 6.45) is 6.18. The van der Waals surface area contributed by atoms with Gasteiger partial charge in [-0.1, -0.05) is 135 Å². The van der Waals surface area contributed by atoms with Crippen LogP contribution in [0, 0.1) is 0 Å². The van der Waals surface area contributed by atoms with Crippen molar-refractivity contribution >= 4 is 54.4 Å². The van der Waals surface area contributed by atoms with E-state index in [-0.39, 0.29) is 5.41 Å². The maximum Gasteiger partial charge on any atom is 0.165 e. The molecule has 0 aliphatic heterocycles. The summed E-state index contributed by atoms with van der Waals surface area (Å²) in [5.74, 6) is 0.874. The zero-order valence-corrected chi connectivity index (χ0v) is 27.2. The molecule has 3 nitrogen and oxygen atoms in total. The van der Waals surface area contributed by atoms with Crippen LogP contribution in [-0.2, 0) is 5.41 Å². The van der Waals surface area contributed by atoms with Crippen LogP contribution in [0.1, 0.15) is 43.2 Å². The first-order valence-electron chi connectivity index (χ1n) is 17.6. The van der Waals surface area contributed by atoms with Gasteiger partial charge in [-0.3, -0.25) is 4.57 Å². The Morgan fingerprint density at radius 1 is 0.551 bits per heavy atom. The number of nitrogens with zero attached hydrogens (tertiary/aromatic N) is 3. The quantitative estimate of drug-likeness (QED) is 0.191. The molecular weight excluding hydrogens is 595 g/mol. The minimum Gasteiger partial charge on any atom is -0.291 e. The van der Waals surface area contributed by atoms with E-state index in [1.165, 1.54) is 97.7 Å². The van der Waals surface area contributed by atoms with Crippen molar-refractivity contribution < 1.29 is 0 Å². The molecule has 9 aromatic rings. The molecule has 0 radical (unpaired) electrons. The summed E-state index contributed by atoms with van der Waals surface area (Å²) in [5.41, 5.74) is 12.1. The Morgan fingerprint density at radius 2 is 1.22 bits per heavy atom. The van der Waals surface area contributed by atoms with Crippen molar-refractivity contribution in [2.24, 2.45) is 0 Å². The molecule has 0 bridgehead atoms. The van der Waals surface area contributed by atoms with Gasteiger partial charge in [-0.05, 0) is 75.5 Å². The Balaban J connectivity index is 1.35. The van der Waals surface area contributed by atoms with Crippen LogP contribution in [0.2, 0.25) is 0 Å². The number of aromatic nitrogens is 3. The van der Waals surface area contributed by atoms with Gasteiger partial charge in [-0.15, -0.1) is 0 Å². The summed E-state index contributed by atoms with van der Waals surface area (Å²) < 4.78 is 2.46. The van der Waals surface area contributed by atoms with E-state index < -0.39 is 0 Å². The molecule has 11 rings (SSSR count). The Hall–Kier alpha value is -5.80. The molecule has 0 saturated heterocycles. The normalized spacial score (nSPS) is 15.1. The number of para-hydroxylation sites is 3. The first-order chi connectivity index (χ1) is 24.3. The second-order valence-electron chi connectivity index (χ2n) is 14.0. The monoisotopic (exact) mass is 627 g/mol. The fraction of sp³-hybridized carbons (Fsp3) is 0.130. The SMILES string of the molecule is c1ccc2c(c1)-c1c(c3c4ccccc4n(-c4nc5ccccc5nc4-c4ccc5ccccc5c4)c3c3ccccc13)C21CCCCC1. The van der Waals surface area contributed by atoms with Gasteiger partial charge in [-0.2, -0.15) is 0 Å². The molecule has 2 aliphatic carbocycles. The van der Waals surface area contributed by atoms with Gasteiger partial charge >= 0.3 is 0 Å². The number of fused-ring (bicyclic) bond motifs is 14. The van der Waals surface area contributed by atoms with Crippen LogP contribution in [0.5, 0.6) is 0 Å². The largest absolute Gasteiger partial charge is 0.291 e. The second kappa shape index (κ2) is 10.1. The summed E-state index contributed by atoms with van der Waals surface area (Å²) in [6.45, 7) is 0. The molecule has 0 atom stereocenters. The van der Waals surface area contributed by atoms with Gasteiger partial charge < -0.3 is 0 Å². The molecule has 1 saturated carbocycles. The van der Waals surface area contributed by atoms with Crippen LogP contribution < -0.4 is 0 Å². The smallest absolute Gasteiger partial charge is 0.165 e. The van der Waals surface area contributed by atoms with Gasteiger partial charge in [0, 0.05) is 27.1 Å². The lowest BCUT2D eigenvalue weighted by Gasteiger charge is -2.36. The Morgan fingerprint density at radius 3 is 2.08 bits per heavy atom. The van der Waals surface area contributed by atoms with Gasteiger partial charge in [0.25, 0.3) is 0 Å². The van der Waals surface area contributed by atoms with Crippen LogP contribution in [0.15, 0.2) is 140 Å². The molecule has 7 aromatic carbocycles. The molecule has 1 fully saturated rings. The van der Waals surface area contributed by atoms with Gasteiger partial charge in [0.15, 0.2) is 5.82 Å². The maximum absolute atomic E-state index is 5.52. The fourth-order valence-corrected chi connectivity index (χ4v) is 9.50. The molecule has 2 aromatic heterocycles. The molecule has 49 heavy (non-hydrogen) atoms. The predicted octanol–water partition coefficient (Wildman–Crippen LogP) is 11.9. The van der Waals surface area contributed by atoms with Crippen molar-refractivity contribution in [3.8, 4) is 28.2 Å². The van der Waals surface area contributed by atoms with Gasteiger partial charge in [-0.25, -0.2) is 9.97 Å². The number of benzene rings is 7. The standard InChI is InChI=1S/C46H33N3/c1-12-26-46(27-13-1)36-20-8-6-18-34(36)40-32-16-4-5-17-33(32)44-41(42(40)46)35-19-7-11-23-39(35)49(44)45-43(47-37-21-9-10-22-38(37)48-45)31-25-24-29-14-2-3-15-30(29)28-31/h2-11,14-25,28H,1,12-13,26-27H2. The number of hydrogen-bond donors (Lipinski definition) is 0. The van der Waals surface area contributed by atoms with Crippen molar-refractivity contribution in [2.75, 3.05) is 0 Å². The lowest BCUT2D eigenvalue weighted by atomic mass is 9.66. The zero-order chi connectivity index (χ0) is 32.1. The average Bonchev–Trinajstić information content (AvgIpc) is 3.65. The molecule has 2 heterocycles. The molecular formula is C46H33N3. The summed E-state index contributed by atoms with van der Waals surface area (Å²) in [5, 5.41) is 7.67. The highest BCUT2D eigenvalue weighted by Gasteiger charge is 2.46. The Bertz CT molecular complexity index is 2820. The van der Waals surface area contributed by atoms with Crippen molar-refractivity contribution in [3.63, 3.8) is 0 Å². The van der Waals surface area contributed by atoms with Gasteiger partial charge in [0.2, 0.25) is 0 Å². The van der Waals surface area contributed by atoms with Crippen LogP contribution in [0.3, 0.4) is 0 Å². The van der Waals surface area contributed by atoms with Crippen LogP contribution in [-0.4, -0.2) is 14.5 Å². The Labute approximate surface area is 284 Å². The summed E-state index contributed by atoms with van der Waals surface area (Å²) in [6, 6.07) is 50.9. The minimum absolute atomic E-state index is 0.00233. The highest BCUT2D eigenvalue weighted by atomic mass is 15.1. The van der Waals surface area contributed by atoms with E-state index in [2.05, 4.69) is 144 Å². The molecule has 1 spiro atoms. The van der Waals surface area contributed by atoms with E-state index in [4.69, 9.17) is 9.97 Å². The highest BCUT2D eigenvalue weighted by Crippen LogP contribution is 2.61. The maximum atomic E-state index is 5.52. The summed E-state index contributed by atoms with van der Waals surface area (Å²) >= 11 is 0. The third-order valence-electron chi connectivity index (χ3n) is 11.5. The highest BCUT2D eigenvalue weighted by molar-refractivity contribution is 6.25. The third kappa shape index (κ3) is 3.68.